The van der Waals surface area contributed by atoms with Gasteiger partial charge in [-0.1, -0.05) is 42.5 Å². The van der Waals surface area contributed by atoms with Gasteiger partial charge in [0, 0.05) is 31.3 Å². The number of hydrogen-bond acceptors (Lipinski definition) is 5. The topological polar surface area (TPSA) is 92.5 Å². The van der Waals surface area contributed by atoms with Crippen molar-refractivity contribution in [1.82, 2.24) is 4.90 Å². The number of sulfone groups is 1. The van der Waals surface area contributed by atoms with E-state index in [1.165, 1.54) is 11.6 Å². The van der Waals surface area contributed by atoms with Gasteiger partial charge in [-0.15, -0.1) is 12.4 Å². The van der Waals surface area contributed by atoms with E-state index in [9.17, 15) is 13.2 Å². The number of rotatable bonds is 5. The third-order valence-corrected chi connectivity index (χ3v) is 6.25. The number of amides is 1. The highest BCUT2D eigenvalue weighted by atomic mass is 35.5. The first kappa shape index (κ1) is 22.4. The standard InChI is InChI=1S/C20H25N3O3S.ClH/c1-14(20(24)22-18-10-6-7-11-19(18)27(2,25)26)23-12-16(17(21)13-23)15-8-4-3-5-9-15;/h3-11,14,16-17H,12-13,21H2,1-2H3,(H,22,24);1H/t14?,16-,17+;/m0./s1. The number of para-hydroxylation sites is 1. The van der Waals surface area contributed by atoms with Crippen LogP contribution >= 0.6 is 12.4 Å². The second-order valence-electron chi connectivity index (χ2n) is 7.07. The summed E-state index contributed by atoms with van der Waals surface area (Å²) in [5.41, 5.74) is 7.79. The van der Waals surface area contributed by atoms with Gasteiger partial charge in [-0.25, -0.2) is 8.42 Å². The van der Waals surface area contributed by atoms with Gasteiger partial charge in [-0.05, 0) is 24.6 Å². The van der Waals surface area contributed by atoms with E-state index in [2.05, 4.69) is 17.4 Å². The first-order chi connectivity index (χ1) is 12.8. The number of nitrogens with one attached hydrogen (secondary N) is 1. The van der Waals surface area contributed by atoms with Gasteiger partial charge in [0.05, 0.1) is 16.6 Å². The highest BCUT2D eigenvalue weighted by molar-refractivity contribution is 7.90. The van der Waals surface area contributed by atoms with E-state index in [1.54, 1.807) is 18.2 Å². The van der Waals surface area contributed by atoms with Crippen LogP contribution in [0.2, 0.25) is 0 Å². The monoisotopic (exact) mass is 423 g/mol. The van der Waals surface area contributed by atoms with Crippen LogP contribution in [0.3, 0.4) is 0 Å². The van der Waals surface area contributed by atoms with E-state index in [0.29, 0.717) is 18.8 Å². The molecule has 0 radical (unpaired) electrons. The summed E-state index contributed by atoms with van der Waals surface area (Å²) in [6.07, 6.45) is 1.13. The molecule has 1 heterocycles. The van der Waals surface area contributed by atoms with Crippen molar-refractivity contribution in [3.63, 3.8) is 0 Å². The van der Waals surface area contributed by atoms with Crippen molar-refractivity contribution in [1.29, 1.82) is 0 Å². The molecule has 0 bridgehead atoms. The molecule has 1 fully saturated rings. The molecule has 3 N–H and O–H groups in total. The minimum Gasteiger partial charge on any atom is -0.326 e. The Kier molecular flexibility index (Phi) is 7.22. The van der Waals surface area contributed by atoms with Gasteiger partial charge in [0.15, 0.2) is 9.84 Å². The number of carbonyl (C=O) groups is 1. The Bertz CT molecular complexity index is 921. The van der Waals surface area contributed by atoms with Crippen molar-refractivity contribution in [3.05, 3.63) is 60.2 Å². The molecule has 28 heavy (non-hydrogen) atoms. The Labute approximate surface area is 172 Å². The molecule has 8 heteroatoms. The van der Waals surface area contributed by atoms with Crippen LogP contribution in [0, 0.1) is 0 Å². The molecular weight excluding hydrogens is 398 g/mol. The van der Waals surface area contributed by atoms with Gasteiger partial charge in [0.1, 0.15) is 0 Å². The van der Waals surface area contributed by atoms with E-state index < -0.39 is 15.9 Å². The molecular formula is C20H26ClN3O3S. The minimum atomic E-state index is -3.43. The summed E-state index contributed by atoms with van der Waals surface area (Å²) in [5.74, 6) is -0.0724. The van der Waals surface area contributed by atoms with Gasteiger partial charge in [0.2, 0.25) is 5.91 Å². The molecule has 1 aliphatic rings. The van der Waals surface area contributed by atoms with E-state index in [0.717, 1.165) is 6.26 Å². The highest BCUT2D eigenvalue weighted by Gasteiger charge is 2.35. The average molecular weight is 424 g/mol. The van der Waals surface area contributed by atoms with Crippen LogP contribution in [0.15, 0.2) is 59.5 Å². The molecule has 152 valence electrons. The predicted molar refractivity (Wildman–Crippen MR) is 114 cm³/mol. The zero-order valence-corrected chi connectivity index (χ0v) is 17.5. The van der Waals surface area contributed by atoms with Gasteiger partial charge in [0.25, 0.3) is 0 Å². The lowest BCUT2D eigenvalue weighted by atomic mass is 9.95. The van der Waals surface area contributed by atoms with Crippen molar-refractivity contribution in [2.75, 3.05) is 24.7 Å². The van der Waals surface area contributed by atoms with Crippen LogP contribution in [-0.2, 0) is 14.6 Å². The second kappa shape index (κ2) is 9.05. The molecule has 0 aromatic heterocycles. The maximum absolute atomic E-state index is 12.7. The smallest absolute Gasteiger partial charge is 0.241 e. The molecule has 3 rings (SSSR count). The van der Waals surface area contributed by atoms with Crippen molar-refractivity contribution in [2.24, 2.45) is 5.73 Å². The molecule has 3 atom stereocenters. The van der Waals surface area contributed by atoms with Crippen molar-refractivity contribution in [2.45, 2.75) is 29.8 Å². The first-order valence-corrected chi connectivity index (χ1v) is 10.8. The van der Waals surface area contributed by atoms with E-state index in [1.807, 2.05) is 30.0 Å². The Morgan fingerprint density at radius 3 is 2.36 bits per heavy atom. The largest absolute Gasteiger partial charge is 0.326 e. The Morgan fingerprint density at radius 2 is 1.71 bits per heavy atom. The molecule has 0 spiro atoms. The molecule has 0 aliphatic carbocycles. The lowest BCUT2D eigenvalue weighted by Gasteiger charge is -2.24. The number of hydrogen-bond donors (Lipinski definition) is 2. The van der Waals surface area contributed by atoms with E-state index in [-0.39, 0.29) is 35.2 Å². The normalized spacial score (nSPS) is 21.0. The molecule has 6 nitrogen and oxygen atoms in total. The van der Waals surface area contributed by atoms with Crippen LogP contribution in [0.1, 0.15) is 18.4 Å². The van der Waals surface area contributed by atoms with Crippen molar-refractivity contribution >= 4 is 33.8 Å². The van der Waals surface area contributed by atoms with Gasteiger partial charge >= 0.3 is 0 Å². The number of carbonyl (C=O) groups excluding carboxylic acids is 1. The average Bonchev–Trinajstić information content (AvgIpc) is 3.03. The van der Waals surface area contributed by atoms with Gasteiger partial charge in [-0.3, -0.25) is 9.69 Å². The molecule has 2 aromatic rings. The number of nitrogens with two attached hydrogens (primary N) is 1. The quantitative estimate of drug-likeness (QED) is 0.769. The molecule has 0 saturated carbocycles. The van der Waals surface area contributed by atoms with Crippen LogP contribution in [0.4, 0.5) is 5.69 Å². The van der Waals surface area contributed by atoms with Crippen molar-refractivity contribution in [3.8, 4) is 0 Å². The van der Waals surface area contributed by atoms with Crippen LogP contribution in [0.25, 0.3) is 0 Å². The zero-order valence-electron chi connectivity index (χ0n) is 15.9. The fourth-order valence-electron chi connectivity index (χ4n) is 3.53. The second-order valence-corrected chi connectivity index (χ2v) is 9.05. The summed E-state index contributed by atoms with van der Waals surface area (Å²) in [4.78, 5) is 14.9. The Hall–Kier alpha value is -1.93. The van der Waals surface area contributed by atoms with Crippen LogP contribution < -0.4 is 11.1 Å². The number of anilines is 1. The lowest BCUT2D eigenvalue weighted by molar-refractivity contribution is -0.120. The molecule has 1 unspecified atom stereocenters. The van der Waals surface area contributed by atoms with E-state index in [4.69, 9.17) is 5.73 Å². The zero-order chi connectivity index (χ0) is 19.6. The van der Waals surface area contributed by atoms with Gasteiger partial charge < -0.3 is 11.1 Å². The van der Waals surface area contributed by atoms with Crippen LogP contribution in [-0.4, -0.2) is 50.7 Å². The van der Waals surface area contributed by atoms with E-state index >= 15 is 0 Å². The third kappa shape index (κ3) is 4.91. The Balaban J connectivity index is 0.00000280. The van der Waals surface area contributed by atoms with Crippen LogP contribution in [0.5, 0.6) is 0 Å². The SMILES string of the molecule is CC(C(=O)Nc1ccccc1S(C)(=O)=O)N1C[C@@H](N)[C@H](c2ccccc2)C1.Cl. The maximum atomic E-state index is 12.7. The van der Waals surface area contributed by atoms with Gasteiger partial charge in [-0.2, -0.15) is 0 Å². The molecule has 1 saturated heterocycles. The molecule has 2 aromatic carbocycles. The summed E-state index contributed by atoms with van der Waals surface area (Å²) < 4.78 is 23.9. The number of benzene rings is 2. The third-order valence-electron chi connectivity index (χ3n) is 5.09. The summed E-state index contributed by atoms with van der Waals surface area (Å²) in [7, 11) is -3.43. The summed E-state index contributed by atoms with van der Waals surface area (Å²) >= 11 is 0. The highest BCUT2D eigenvalue weighted by Crippen LogP contribution is 2.28. The fourth-order valence-corrected chi connectivity index (χ4v) is 4.37. The summed E-state index contributed by atoms with van der Waals surface area (Å²) in [6, 6.07) is 16.0. The van der Waals surface area contributed by atoms with Crippen molar-refractivity contribution < 1.29 is 13.2 Å². The fraction of sp³-hybridized carbons (Fsp3) is 0.350. The molecule has 1 amide bonds. The first-order valence-electron chi connectivity index (χ1n) is 8.92. The minimum absolute atomic E-state index is 0. The maximum Gasteiger partial charge on any atom is 0.241 e. The number of likely N-dealkylation sites (tertiary alicyclic amines) is 1. The lowest BCUT2D eigenvalue weighted by Crippen LogP contribution is -2.42. The molecule has 1 aliphatic heterocycles. The summed E-state index contributed by atoms with van der Waals surface area (Å²) in [5, 5.41) is 2.76. The Morgan fingerprint density at radius 1 is 1.11 bits per heavy atom. The number of halogens is 1. The predicted octanol–water partition coefficient (Wildman–Crippen LogP) is 2.27. The summed E-state index contributed by atoms with van der Waals surface area (Å²) in [6.45, 7) is 3.12. The number of nitrogens with zero attached hydrogens (tertiary/aromatic N) is 1.